The van der Waals surface area contributed by atoms with Gasteiger partial charge in [0, 0.05) is 18.3 Å². The van der Waals surface area contributed by atoms with Crippen molar-refractivity contribution in [3.63, 3.8) is 0 Å². The number of aliphatic carboxylic acids is 1. The summed E-state index contributed by atoms with van der Waals surface area (Å²) >= 11 is 5.85. The van der Waals surface area contributed by atoms with Crippen LogP contribution in [0.1, 0.15) is 18.4 Å². The van der Waals surface area contributed by atoms with Crippen LogP contribution in [0.5, 0.6) is 11.5 Å². The van der Waals surface area contributed by atoms with Crippen molar-refractivity contribution in [1.29, 1.82) is 0 Å². The molecular formula is C20H16ClF6NO3. The quantitative estimate of drug-likeness (QED) is 0.518. The van der Waals surface area contributed by atoms with Crippen LogP contribution in [-0.4, -0.2) is 29.8 Å². The van der Waals surface area contributed by atoms with E-state index in [-0.39, 0.29) is 29.5 Å². The van der Waals surface area contributed by atoms with Gasteiger partial charge in [0.1, 0.15) is 11.5 Å². The van der Waals surface area contributed by atoms with Crippen molar-refractivity contribution in [2.75, 3.05) is 11.4 Å². The fourth-order valence-electron chi connectivity index (χ4n) is 3.46. The number of halogens is 7. The number of nitrogens with zero attached hydrogens (tertiary/aromatic N) is 1. The summed E-state index contributed by atoms with van der Waals surface area (Å²) in [4.78, 5) is 12.4. The van der Waals surface area contributed by atoms with Crippen molar-refractivity contribution in [3.8, 4) is 11.5 Å². The molecule has 1 aliphatic rings. The van der Waals surface area contributed by atoms with Crippen molar-refractivity contribution in [2.24, 2.45) is 5.92 Å². The van der Waals surface area contributed by atoms with E-state index in [1.54, 1.807) is 0 Å². The Bertz CT molecular complexity index is 945. The number of benzene rings is 2. The normalized spacial score (nSPS) is 19.5. The third-order valence-electron chi connectivity index (χ3n) is 4.94. The Hall–Kier alpha value is -2.62. The second kappa shape index (κ2) is 8.49. The zero-order valence-electron chi connectivity index (χ0n) is 15.7. The first-order valence-corrected chi connectivity index (χ1v) is 9.42. The number of alkyl halides is 6. The van der Waals surface area contributed by atoms with Gasteiger partial charge >= 0.3 is 18.3 Å². The van der Waals surface area contributed by atoms with Crippen LogP contribution in [0, 0.1) is 5.92 Å². The molecule has 0 radical (unpaired) electrons. The van der Waals surface area contributed by atoms with Gasteiger partial charge in [-0.2, -0.15) is 26.3 Å². The molecular weight excluding hydrogens is 452 g/mol. The van der Waals surface area contributed by atoms with E-state index in [1.165, 1.54) is 29.2 Å². The van der Waals surface area contributed by atoms with Gasteiger partial charge in [0.2, 0.25) is 0 Å². The smallest absolute Gasteiger partial charge is 0.416 e. The predicted octanol–water partition coefficient (Wildman–Crippen LogP) is 6.38. The van der Waals surface area contributed by atoms with Crippen LogP contribution in [0.2, 0.25) is 5.02 Å². The van der Waals surface area contributed by atoms with Crippen LogP contribution in [0.15, 0.2) is 42.5 Å². The summed E-state index contributed by atoms with van der Waals surface area (Å²) in [6.45, 7) is -0.369. The number of rotatable bonds is 5. The molecule has 0 aliphatic carbocycles. The van der Waals surface area contributed by atoms with Crippen LogP contribution in [-0.2, 0) is 11.0 Å². The molecule has 11 heteroatoms. The lowest BCUT2D eigenvalue weighted by atomic mass is 10.0. The highest BCUT2D eigenvalue weighted by molar-refractivity contribution is 6.32. The molecule has 1 fully saturated rings. The van der Waals surface area contributed by atoms with Crippen molar-refractivity contribution in [2.45, 2.75) is 31.2 Å². The Morgan fingerprint density at radius 1 is 1.10 bits per heavy atom. The number of ether oxygens (including phenoxy) is 1. The Kier molecular flexibility index (Phi) is 6.31. The zero-order chi connectivity index (χ0) is 23.0. The fraction of sp³-hybridized carbons (Fsp3) is 0.350. The number of carbonyl (C=O) groups is 1. The summed E-state index contributed by atoms with van der Waals surface area (Å²) in [7, 11) is 0. The number of carboxylic acids is 1. The molecule has 1 aliphatic heterocycles. The monoisotopic (exact) mass is 467 g/mol. The lowest BCUT2D eigenvalue weighted by Gasteiger charge is -2.26. The summed E-state index contributed by atoms with van der Waals surface area (Å²) in [5.74, 6) is -2.66. The molecule has 1 saturated heterocycles. The van der Waals surface area contributed by atoms with E-state index in [0.29, 0.717) is 5.69 Å². The first-order chi connectivity index (χ1) is 14.3. The molecule has 0 amide bonds. The topological polar surface area (TPSA) is 49.8 Å². The minimum Gasteiger partial charge on any atom is -0.481 e. The Balaban J connectivity index is 1.77. The van der Waals surface area contributed by atoms with Crippen molar-refractivity contribution < 1.29 is 41.0 Å². The minimum atomic E-state index is -4.56. The van der Waals surface area contributed by atoms with Gasteiger partial charge in [-0.3, -0.25) is 4.79 Å². The van der Waals surface area contributed by atoms with Gasteiger partial charge in [0.25, 0.3) is 0 Å². The molecule has 0 bridgehead atoms. The summed E-state index contributed by atoms with van der Waals surface area (Å²) in [6.07, 6.45) is -9.75. The third kappa shape index (κ3) is 5.55. The van der Waals surface area contributed by atoms with Crippen molar-refractivity contribution in [1.82, 2.24) is 0 Å². The van der Waals surface area contributed by atoms with Gasteiger partial charge < -0.3 is 14.7 Å². The molecule has 0 aromatic heterocycles. The maximum Gasteiger partial charge on any atom is 0.416 e. The predicted molar refractivity (Wildman–Crippen MR) is 101 cm³/mol. The molecule has 0 spiro atoms. The second-order valence-electron chi connectivity index (χ2n) is 7.12. The molecule has 2 aromatic carbocycles. The number of hydrogen-bond acceptors (Lipinski definition) is 3. The second-order valence-corrected chi connectivity index (χ2v) is 7.52. The number of carboxylic acid groups (broad SMARTS) is 1. The van der Waals surface area contributed by atoms with Gasteiger partial charge in [-0.1, -0.05) is 11.6 Å². The minimum absolute atomic E-state index is 0.0236. The van der Waals surface area contributed by atoms with Gasteiger partial charge in [-0.15, -0.1) is 0 Å². The van der Waals surface area contributed by atoms with Crippen LogP contribution >= 0.6 is 11.6 Å². The van der Waals surface area contributed by atoms with Crippen molar-refractivity contribution in [3.05, 3.63) is 53.1 Å². The van der Waals surface area contributed by atoms with E-state index >= 15 is 0 Å². The Morgan fingerprint density at radius 3 is 2.26 bits per heavy atom. The van der Waals surface area contributed by atoms with E-state index in [2.05, 4.69) is 0 Å². The lowest BCUT2D eigenvalue weighted by Crippen LogP contribution is -2.32. The maximum atomic E-state index is 13.1. The molecule has 31 heavy (non-hydrogen) atoms. The van der Waals surface area contributed by atoms with Crippen LogP contribution < -0.4 is 9.64 Å². The molecule has 2 aromatic rings. The van der Waals surface area contributed by atoms with Gasteiger partial charge in [-0.05, 0) is 48.9 Å². The molecule has 4 nitrogen and oxygen atoms in total. The van der Waals surface area contributed by atoms with E-state index in [0.717, 1.165) is 18.2 Å². The first kappa shape index (κ1) is 23.1. The molecule has 1 N–H and O–H groups in total. The van der Waals surface area contributed by atoms with Crippen LogP contribution in [0.4, 0.5) is 32.0 Å². The molecule has 3 rings (SSSR count). The van der Waals surface area contributed by atoms with Crippen molar-refractivity contribution >= 4 is 23.3 Å². The number of anilines is 1. The first-order valence-electron chi connectivity index (χ1n) is 9.04. The summed E-state index contributed by atoms with van der Waals surface area (Å²) in [6, 6.07) is 7.54. The van der Waals surface area contributed by atoms with Gasteiger partial charge in [0.05, 0.1) is 22.9 Å². The third-order valence-corrected chi connectivity index (χ3v) is 5.24. The highest BCUT2D eigenvalue weighted by Gasteiger charge is 2.47. The van der Waals surface area contributed by atoms with E-state index in [1.807, 2.05) is 0 Å². The molecule has 168 valence electrons. The molecule has 2 unspecified atom stereocenters. The van der Waals surface area contributed by atoms with Crippen LogP contribution in [0.3, 0.4) is 0 Å². The highest BCUT2D eigenvalue weighted by atomic mass is 35.5. The van der Waals surface area contributed by atoms with Gasteiger partial charge in [0.15, 0.2) is 0 Å². The highest BCUT2D eigenvalue weighted by Crippen LogP contribution is 2.41. The van der Waals surface area contributed by atoms with E-state index in [9.17, 15) is 31.1 Å². The summed E-state index contributed by atoms with van der Waals surface area (Å²) < 4.78 is 83.0. The summed E-state index contributed by atoms with van der Waals surface area (Å²) in [5.41, 5.74) is -0.554. The standard InChI is InChI=1S/C20H16ClF6NO3/c21-16-8-11(19(22,23)24)1-6-17(16)31-15-4-2-13(3-5-15)28-10-12(20(25,26)27)7-14(28)9-18(29)30/h1-6,8,12,14H,7,9-10H2,(H,29,30). The fourth-order valence-corrected chi connectivity index (χ4v) is 3.68. The van der Waals surface area contributed by atoms with E-state index in [4.69, 9.17) is 21.4 Å². The van der Waals surface area contributed by atoms with Gasteiger partial charge in [-0.25, -0.2) is 0 Å². The lowest BCUT2D eigenvalue weighted by molar-refractivity contribution is -0.169. The van der Waals surface area contributed by atoms with Crippen LogP contribution in [0.25, 0.3) is 0 Å². The maximum absolute atomic E-state index is 13.1. The Labute approximate surface area is 178 Å². The molecule has 0 saturated carbocycles. The average Bonchev–Trinajstić information content (AvgIpc) is 3.06. The SMILES string of the molecule is O=C(O)CC1CC(C(F)(F)F)CN1c1ccc(Oc2ccc(C(F)(F)F)cc2Cl)cc1. The average molecular weight is 468 g/mol. The zero-order valence-corrected chi connectivity index (χ0v) is 16.4. The van der Waals surface area contributed by atoms with E-state index < -0.39 is 42.3 Å². The number of hydrogen-bond donors (Lipinski definition) is 1. The Morgan fingerprint density at radius 2 is 1.74 bits per heavy atom. The summed E-state index contributed by atoms with van der Waals surface area (Å²) in [5, 5.41) is 8.76. The largest absolute Gasteiger partial charge is 0.481 e. The molecule has 2 atom stereocenters. The molecule has 1 heterocycles.